The first kappa shape index (κ1) is 13.5. The highest BCUT2D eigenvalue weighted by molar-refractivity contribution is 5.98. The lowest BCUT2D eigenvalue weighted by Gasteiger charge is -2.18. The van der Waals surface area contributed by atoms with Gasteiger partial charge in [0.25, 0.3) is 0 Å². The van der Waals surface area contributed by atoms with E-state index in [4.69, 9.17) is 9.47 Å². The number of Topliss-reactive ketones (excluding diaryl/α,β-unsaturated/α-hetero) is 1. The number of ketones is 1. The van der Waals surface area contributed by atoms with Crippen molar-refractivity contribution in [2.45, 2.75) is 6.42 Å². The smallest absolute Gasteiger partial charge is 0.167 e. The van der Waals surface area contributed by atoms with E-state index in [1.807, 2.05) is 0 Å². The van der Waals surface area contributed by atoms with E-state index in [9.17, 15) is 13.6 Å². The fourth-order valence-corrected chi connectivity index (χ4v) is 2.16. The standard InChI is InChI=1S/C16H12F2O3/c17-12-3-1-10(13(18)9-12)7-14(19)11-2-4-15-16(8-11)21-6-5-20-15/h1-4,8-9H,5-7H2. The molecule has 0 fully saturated rings. The molecule has 21 heavy (non-hydrogen) atoms. The van der Waals surface area contributed by atoms with Crippen molar-refractivity contribution in [2.24, 2.45) is 0 Å². The van der Waals surface area contributed by atoms with Gasteiger partial charge >= 0.3 is 0 Å². The van der Waals surface area contributed by atoms with Gasteiger partial charge in [-0.05, 0) is 29.8 Å². The summed E-state index contributed by atoms with van der Waals surface area (Å²) in [6, 6.07) is 8.03. The topological polar surface area (TPSA) is 35.5 Å². The first-order valence-electron chi connectivity index (χ1n) is 6.50. The number of halogens is 2. The first-order valence-corrected chi connectivity index (χ1v) is 6.50. The quantitative estimate of drug-likeness (QED) is 0.815. The van der Waals surface area contributed by atoms with Gasteiger partial charge in [0.1, 0.15) is 24.8 Å². The Labute approximate surface area is 120 Å². The van der Waals surface area contributed by atoms with Crippen molar-refractivity contribution in [3.05, 3.63) is 59.2 Å². The summed E-state index contributed by atoms with van der Waals surface area (Å²) in [5.41, 5.74) is 0.569. The number of hydrogen-bond acceptors (Lipinski definition) is 3. The minimum Gasteiger partial charge on any atom is -0.486 e. The molecule has 1 aliphatic heterocycles. The SMILES string of the molecule is O=C(Cc1ccc(F)cc1F)c1ccc2c(c1)OCCO2. The molecular weight excluding hydrogens is 278 g/mol. The van der Waals surface area contributed by atoms with E-state index in [0.29, 0.717) is 30.3 Å². The molecule has 3 rings (SSSR count). The second-order valence-corrected chi connectivity index (χ2v) is 4.69. The van der Waals surface area contributed by atoms with E-state index in [0.717, 1.165) is 12.1 Å². The van der Waals surface area contributed by atoms with Gasteiger partial charge in [-0.15, -0.1) is 0 Å². The molecule has 1 heterocycles. The van der Waals surface area contributed by atoms with E-state index in [1.54, 1.807) is 18.2 Å². The second-order valence-electron chi connectivity index (χ2n) is 4.69. The minimum absolute atomic E-state index is 0.133. The maximum absolute atomic E-state index is 13.6. The maximum atomic E-state index is 13.6. The average molecular weight is 290 g/mol. The lowest BCUT2D eigenvalue weighted by Crippen LogP contribution is -2.16. The van der Waals surface area contributed by atoms with Crippen LogP contribution in [0, 0.1) is 11.6 Å². The minimum atomic E-state index is -0.721. The highest BCUT2D eigenvalue weighted by Gasteiger charge is 2.16. The Hall–Kier alpha value is -2.43. The van der Waals surface area contributed by atoms with E-state index in [1.165, 1.54) is 6.07 Å². The fraction of sp³-hybridized carbons (Fsp3) is 0.188. The molecule has 0 spiro atoms. The van der Waals surface area contributed by atoms with Crippen LogP contribution in [0.1, 0.15) is 15.9 Å². The molecule has 0 saturated carbocycles. The number of fused-ring (bicyclic) bond motifs is 1. The number of carbonyl (C=O) groups is 1. The Morgan fingerprint density at radius 3 is 2.52 bits per heavy atom. The van der Waals surface area contributed by atoms with Gasteiger partial charge in [0.05, 0.1) is 0 Å². The number of carbonyl (C=O) groups excluding carboxylic acids is 1. The van der Waals surface area contributed by atoms with E-state index < -0.39 is 11.6 Å². The van der Waals surface area contributed by atoms with Crippen molar-refractivity contribution in [2.75, 3.05) is 13.2 Å². The first-order chi connectivity index (χ1) is 10.1. The molecule has 108 valence electrons. The summed E-state index contributed by atoms with van der Waals surface area (Å²) >= 11 is 0. The Morgan fingerprint density at radius 2 is 1.76 bits per heavy atom. The van der Waals surface area contributed by atoms with Gasteiger partial charge in [0, 0.05) is 18.1 Å². The molecule has 0 aromatic heterocycles. The Morgan fingerprint density at radius 1 is 1.00 bits per heavy atom. The lowest BCUT2D eigenvalue weighted by molar-refractivity contribution is 0.0990. The van der Waals surface area contributed by atoms with Gasteiger partial charge in [-0.3, -0.25) is 4.79 Å². The third kappa shape index (κ3) is 2.86. The molecule has 3 nitrogen and oxygen atoms in total. The lowest BCUT2D eigenvalue weighted by atomic mass is 10.0. The van der Waals surface area contributed by atoms with Crippen LogP contribution >= 0.6 is 0 Å². The van der Waals surface area contributed by atoms with Crippen LogP contribution in [0.3, 0.4) is 0 Å². The summed E-state index contributed by atoms with van der Waals surface area (Å²) in [6.45, 7) is 0.901. The molecule has 0 bridgehead atoms. The number of ether oxygens (including phenoxy) is 2. The van der Waals surface area contributed by atoms with Crippen molar-refractivity contribution in [1.82, 2.24) is 0 Å². The maximum Gasteiger partial charge on any atom is 0.167 e. The van der Waals surface area contributed by atoms with Crippen molar-refractivity contribution in [1.29, 1.82) is 0 Å². The van der Waals surface area contributed by atoms with Crippen LogP contribution in [0.4, 0.5) is 8.78 Å². The molecule has 0 unspecified atom stereocenters. The Bertz CT molecular complexity index is 698. The van der Waals surface area contributed by atoms with Gasteiger partial charge in [0.15, 0.2) is 17.3 Å². The van der Waals surface area contributed by atoms with Gasteiger partial charge in [0.2, 0.25) is 0 Å². The predicted molar refractivity (Wildman–Crippen MR) is 71.8 cm³/mol. The molecule has 0 atom stereocenters. The van der Waals surface area contributed by atoms with Gasteiger partial charge in [-0.1, -0.05) is 6.07 Å². The summed E-state index contributed by atoms with van der Waals surface area (Å²) in [7, 11) is 0. The molecule has 5 heteroatoms. The zero-order valence-electron chi connectivity index (χ0n) is 11.1. The molecule has 0 saturated heterocycles. The summed E-state index contributed by atoms with van der Waals surface area (Å²) in [5.74, 6) is -0.557. The van der Waals surface area contributed by atoms with E-state index in [2.05, 4.69) is 0 Å². The Kier molecular flexibility index (Phi) is 3.56. The van der Waals surface area contributed by atoms with Crippen molar-refractivity contribution in [3.8, 4) is 11.5 Å². The molecule has 1 aliphatic rings. The van der Waals surface area contributed by atoms with Crippen LogP contribution < -0.4 is 9.47 Å². The molecular formula is C16H12F2O3. The summed E-state index contributed by atoms with van der Waals surface area (Å²) < 4.78 is 37.2. The van der Waals surface area contributed by atoms with Gasteiger partial charge in [-0.25, -0.2) is 8.78 Å². The molecule has 2 aromatic carbocycles. The third-order valence-electron chi connectivity index (χ3n) is 3.23. The number of benzene rings is 2. The van der Waals surface area contributed by atoms with Gasteiger partial charge in [-0.2, -0.15) is 0 Å². The second kappa shape index (κ2) is 5.52. The van der Waals surface area contributed by atoms with Gasteiger partial charge < -0.3 is 9.47 Å². The monoisotopic (exact) mass is 290 g/mol. The summed E-state index contributed by atoms with van der Waals surface area (Å²) in [4.78, 5) is 12.2. The highest BCUT2D eigenvalue weighted by Crippen LogP contribution is 2.31. The molecule has 0 N–H and O–H groups in total. The zero-order valence-corrected chi connectivity index (χ0v) is 11.1. The van der Waals surface area contributed by atoms with E-state index in [-0.39, 0.29) is 17.8 Å². The normalized spacial score (nSPS) is 13.0. The van der Waals surface area contributed by atoms with Crippen LogP contribution in [-0.4, -0.2) is 19.0 Å². The van der Waals surface area contributed by atoms with E-state index >= 15 is 0 Å². The molecule has 0 amide bonds. The molecule has 0 radical (unpaired) electrons. The van der Waals surface area contributed by atoms with Crippen LogP contribution in [-0.2, 0) is 6.42 Å². The average Bonchev–Trinajstić information content (AvgIpc) is 2.49. The van der Waals surface area contributed by atoms with Crippen LogP contribution in [0.5, 0.6) is 11.5 Å². The summed E-state index contributed by atoms with van der Waals surface area (Å²) in [5, 5.41) is 0. The van der Waals surface area contributed by atoms with Crippen LogP contribution in [0.2, 0.25) is 0 Å². The highest BCUT2D eigenvalue weighted by atomic mass is 19.1. The summed E-state index contributed by atoms with van der Waals surface area (Å²) in [6.07, 6.45) is -0.133. The van der Waals surface area contributed by atoms with Crippen molar-refractivity contribution < 1.29 is 23.0 Å². The molecule has 2 aromatic rings. The van der Waals surface area contributed by atoms with Crippen molar-refractivity contribution >= 4 is 5.78 Å². The predicted octanol–water partition coefficient (Wildman–Crippen LogP) is 3.16. The molecule has 0 aliphatic carbocycles. The largest absolute Gasteiger partial charge is 0.486 e. The number of hydrogen-bond donors (Lipinski definition) is 0. The fourth-order valence-electron chi connectivity index (χ4n) is 2.16. The number of rotatable bonds is 3. The third-order valence-corrected chi connectivity index (χ3v) is 3.23. The zero-order chi connectivity index (χ0) is 14.8. The van der Waals surface area contributed by atoms with Crippen LogP contribution in [0.15, 0.2) is 36.4 Å². The Balaban J connectivity index is 1.82. The van der Waals surface area contributed by atoms with Crippen LogP contribution in [0.25, 0.3) is 0 Å². The van der Waals surface area contributed by atoms with Crippen molar-refractivity contribution in [3.63, 3.8) is 0 Å².